The number of rotatable bonds is 6. The predicted octanol–water partition coefficient (Wildman–Crippen LogP) is 17.7. The molecule has 0 aliphatic carbocycles. The molecular weight excluding hydrogens is 926 g/mol. The molecule has 3 aliphatic rings. The number of aromatic nitrogens is 1. The third-order valence-electron chi connectivity index (χ3n) is 15.1. The van der Waals surface area contributed by atoms with Gasteiger partial charge in [-0.1, -0.05) is 172 Å². The van der Waals surface area contributed by atoms with Crippen LogP contribution >= 0.6 is 23.5 Å². The van der Waals surface area contributed by atoms with Crippen LogP contribution in [0.1, 0.15) is 26.3 Å². The van der Waals surface area contributed by atoms with Gasteiger partial charge < -0.3 is 18.7 Å². The van der Waals surface area contributed by atoms with E-state index in [9.17, 15) is 0 Å². The first-order chi connectivity index (χ1) is 35.8. The van der Waals surface area contributed by atoms with Crippen LogP contribution in [0, 0.1) is 0 Å². The summed E-state index contributed by atoms with van der Waals surface area (Å²) in [5.41, 5.74) is 21.7. The monoisotopic (exact) mass is 971 g/mol. The maximum absolute atomic E-state index is 7.16. The summed E-state index contributed by atoms with van der Waals surface area (Å²) in [5.74, 6) is 0. The smallest absolute Gasteiger partial charge is 0.333 e. The second-order valence-electron chi connectivity index (χ2n) is 20.5. The van der Waals surface area contributed by atoms with Crippen LogP contribution in [0.2, 0.25) is 0 Å². The third kappa shape index (κ3) is 6.58. The van der Waals surface area contributed by atoms with Gasteiger partial charge in [0.25, 0.3) is 0 Å². The number of hydrogen-bond acceptors (Lipinski definition) is 5. The van der Waals surface area contributed by atoms with E-state index in [0.29, 0.717) is 0 Å². The number of benzene rings is 10. The lowest BCUT2D eigenvalue weighted by Crippen LogP contribution is -2.56. The van der Waals surface area contributed by atoms with Gasteiger partial charge in [0, 0.05) is 75.4 Å². The lowest BCUT2D eigenvalue weighted by atomic mass is 9.45. The summed E-state index contributed by atoms with van der Waals surface area (Å²) < 4.78 is 9.83. The van der Waals surface area contributed by atoms with E-state index >= 15 is 0 Å². The number of furan rings is 1. The molecule has 0 spiro atoms. The fraction of sp³-hybridized carbons (Fsp3) is 0.0606. The maximum atomic E-state index is 7.16. The van der Waals surface area contributed by atoms with E-state index in [1.54, 1.807) is 0 Å². The third-order valence-corrected chi connectivity index (χ3v) is 17.6. The Hall–Kier alpha value is -8.10. The molecule has 0 radical (unpaired) electrons. The summed E-state index contributed by atoms with van der Waals surface area (Å²) in [4.78, 5) is 10.1. The van der Waals surface area contributed by atoms with Gasteiger partial charge in [-0.05, 0) is 141 Å². The summed E-state index contributed by atoms with van der Waals surface area (Å²) >= 11 is 3.77. The van der Waals surface area contributed by atoms with Crippen molar-refractivity contribution in [1.29, 1.82) is 0 Å². The number of para-hydroxylation sites is 3. The molecule has 0 fully saturated rings. The Morgan fingerprint density at radius 1 is 0.438 bits per heavy atom. The van der Waals surface area contributed by atoms with Crippen LogP contribution in [-0.2, 0) is 5.41 Å². The van der Waals surface area contributed by atoms with Crippen molar-refractivity contribution in [2.75, 3.05) is 9.80 Å². The molecule has 10 aromatic carbocycles. The van der Waals surface area contributed by atoms with E-state index in [1.165, 1.54) is 86.3 Å². The Morgan fingerprint density at radius 3 is 1.74 bits per heavy atom. The van der Waals surface area contributed by atoms with Gasteiger partial charge in [0.15, 0.2) is 5.58 Å². The summed E-state index contributed by atoms with van der Waals surface area (Å²) in [6.07, 6.45) is 0. The van der Waals surface area contributed by atoms with Gasteiger partial charge in [0.1, 0.15) is 5.58 Å². The van der Waals surface area contributed by atoms with E-state index in [-0.39, 0.29) is 12.3 Å². The van der Waals surface area contributed by atoms with Crippen molar-refractivity contribution in [2.45, 2.75) is 45.8 Å². The van der Waals surface area contributed by atoms with Crippen LogP contribution in [0.15, 0.2) is 248 Å². The van der Waals surface area contributed by atoms with Crippen LogP contribution in [0.5, 0.6) is 0 Å². The van der Waals surface area contributed by atoms with Gasteiger partial charge in [-0.3, -0.25) is 0 Å². The standard InChI is InChI=1S/C66H46BN3OS2/c1-66(2,3)44-32-33-54(49(36-44)42-22-10-5-11-23-42)69-55-40-61-60(72-58-30-18-19-31-59(58)73-61)39-53(55)67-62-50(34-43(35-56(62)69)41-20-8-4-9-21-41)51-37-47(68(45-24-12-6-13-25-45)46-26-14-7-15-27-46)38-52-63(51)70(67)64-48-28-16-17-29-57(48)71-65(52)64/h4-40H,1-3H3. The van der Waals surface area contributed by atoms with Crippen molar-refractivity contribution in [1.82, 2.24) is 4.48 Å². The SMILES string of the molecule is CC(C)(C)c1ccc(N2c3cc4c(cc3B3c5c(cc(-c6ccccc6)cc52)-c2cc(N(c5ccccc5)c5ccccc5)cc5c6oc7ccccc7c6n3c25)Sc2ccccc2S4)c(-c2ccccc2)c1. The van der Waals surface area contributed by atoms with Gasteiger partial charge in [0.05, 0.1) is 11.2 Å². The minimum atomic E-state index is -0.193. The quantitative estimate of drug-likeness (QED) is 0.155. The van der Waals surface area contributed by atoms with Crippen LogP contribution in [-0.4, -0.2) is 11.3 Å². The normalized spacial score (nSPS) is 13.2. The van der Waals surface area contributed by atoms with Gasteiger partial charge >= 0.3 is 6.85 Å². The zero-order valence-electron chi connectivity index (χ0n) is 40.5. The molecule has 3 aliphatic heterocycles. The Morgan fingerprint density at radius 2 is 1.05 bits per heavy atom. The van der Waals surface area contributed by atoms with Crippen LogP contribution in [0.4, 0.5) is 34.1 Å². The molecule has 4 nitrogen and oxygen atoms in total. The molecule has 5 heterocycles. The van der Waals surface area contributed by atoms with E-state index in [1.807, 2.05) is 23.5 Å². The summed E-state index contributed by atoms with van der Waals surface area (Å²) in [7, 11) is 0. The van der Waals surface area contributed by atoms with Crippen LogP contribution in [0.3, 0.4) is 0 Å². The van der Waals surface area contributed by atoms with E-state index in [0.717, 1.165) is 50.2 Å². The van der Waals surface area contributed by atoms with Crippen LogP contribution < -0.4 is 20.7 Å². The van der Waals surface area contributed by atoms with Crippen molar-refractivity contribution in [2.24, 2.45) is 0 Å². The van der Waals surface area contributed by atoms with Crippen molar-refractivity contribution in [3.63, 3.8) is 0 Å². The lowest BCUT2D eigenvalue weighted by Gasteiger charge is -2.42. The van der Waals surface area contributed by atoms with E-state index in [4.69, 9.17) is 4.42 Å². The first-order valence-corrected chi connectivity index (χ1v) is 26.7. The van der Waals surface area contributed by atoms with E-state index < -0.39 is 0 Å². The fourth-order valence-corrected chi connectivity index (χ4v) is 14.1. The summed E-state index contributed by atoms with van der Waals surface area (Å²) in [6.45, 7) is 6.76. The Balaban J connectivity index is 1.11. The van der Waals surface area contributed by atoms with E-state index in [2.05, 4.69) is 260 Å². The Labute approximate surface area is 433 Å². The minimum absolute atomic E-state index is 0.0625. The molecule has 0 bridgehead atoms. The Bertz CT molecular complexity index is 4160. The molecule has 0 unspecified atom stereocenters. The number of anilines is 6. The molecule has 0 saturated carbocycles. The average Bonchev–Trinajstić information content (AvgIpc) is 3.97. The second-order valence-corrected chi connectivity index (χ2v) is 22.6. The minimum Gasteiger partial charge on any atom is -0.454 e. The zero-order chi connectivity index (χ0) is 48.5. The highest BCUT2D eigenvalue weighted by Gasteiger charge is 2.45. The highest BCUT2D eigenvalue weighted by Crippen LogP contribution is 2.55. The lowest BCUT2D eigenvalue weighted by molar-refractivity contribution is 0.590. The highest BCUT2D eigenvalue weighted by atomic mass is 32.2. The Kier molecular flexibility index (Phi) is 9.45. The molecule has 15 rings (SSSR count). The first kappa shape index (κ1) is 42.6. The predicted molar refractivity (Wildman–Crippen MR) is 309 cm³/mol. The summed E-state index contributed by atoms with van der Waals surface area (Å²) in [6, 6.07) is 83.0. The topological polar surface area (TPSA) is 24.6 Å². The van der Waals surface area contributed by atoms with Crippen molar-refractivity contribution in [3.8, 4) is 33.4 Å². The molecule has 346 valence electrons. The highest BCUT2D eigenvalue weighted by molar-refractivity contribution is 8.05. The molecule has 2 aromatic heterocycles. The van der Waals surface area contributed by atoms with Crippen molar-refractivity contribution >= 4 is 108 Å². The number of fused-ring (bicyclic) bond motifs is 11. The molecular formula is C66H46BN3OS2. The zero-order valence-corrected chi connectivity index (χ0v) is 42.1. The van der Waals surface area contributed by atoms with Gasteiger partial charge in [-0.25, -0.2) is 0 Å². The summed E-state index contributed by atoms with van der Waals surface area (Å²) in [5, 5.41) is 2.21. The molecule has 7 heteroatoms. The fourth-order valence-electron chi connectivity index (χ4n) is 11.8. The molecule has 12 aromatic rings. The first-order valence-electron chi connectivity index (χ1n) is 25.1. The van der Waals surface area contributed by atoms with Gasteiger partial charge in [0.2, 0.25) is 0 Å². The maximum Gasteiger partial charge on any atom is 0.333 e. The molecule has 0 saturated heterocycles. The second kappa shape index (κ2) is 16.2. The van der Waals surface area contributed by atoms with Crippen molar-refractivity contribution < 1.29 is 4.42 Å². The van der Waals surface area contributed by atoms with Crippen molar-refractivity contribution in [3.05, 3.63) is 230 Å². The average molecular weight is 972 g/mol. The molecule has 73 heavy (non-hydrogen) atoms. The van der Waals surface area contributed by atoms with Gasteiger partial charge in [-0.15, -0.1) is 0 Å². The molecule has 0 amide bonds. The number of nitrogens with zero attached hydrogens (tertiary/aromatic N) is 3. The molecule has 0 atom stereocenters. The number of hydrogen-bond donors (Lipinski definition) is 0. The molecule has 0 N–H and O–H groups in total. The largest absolute Gasteiger partial charge is 0.454 e. The van der Waals surface area contributed by atoms with Gasteiger partial charge in [-0.2, -0.15) is 0 Å². The van der Waals surface area contributed by atoms with Crippen LogP contribution in [0.25, 0.3) is 66.4 Å².